The Hall–Kier alpha value is -1.33. The Balaban J connectivity index is 1.66. The smallest absolute Gasteiger partial charge is 0.410 e. The average molecular weight is 336 g/mol. The minimum Gasteiger partial charge on any atom is -0.445 e. The minimum absolute atomic E-state index is 0.217. The fraction of sp³-hybridized carbons (Fsp3) is 0.611. The van der Waals surface area contributed by atoms with Gasteiger partial charge in [-0.1, -0.05) is 51.1 Å². The lowest BCUT2D eigenvalue weighted by Crippen LogP contribution is -2.41. The van der Waals surface area contributed by atoms with Gasteiger partial charge >= 0.3 is 6.09 Å². The zero-order chi connectivity index (χ0) is 17.1. The molecular weight excluding hydrogens is 306 g/mol. The van der Waals surface area contributed by atoms with Crippen molar-refractivity contribution in [3.63, 3.8) is 0 Å². The molecule has 1 aliphatic heterocycles. The van der Waals surface area contributed by atoms with Crippen molar-refractivity contribution in [1.82, 2.24) is 4.90 Å². The molecule has 0 bridgehead atoms. The Kier molecular flexibility index (Phi) is 5.52. The maximum atomic E-state index is 12.0. The number of hydrogen-bond donors (Lipinski definition) is 0. The van der Waals surface area contributed by atoms with Crippen LogP contribution in [0.15, 0.2) is 30.3 Å². The number of ether oxygens (including phenoxy) is 1. The van der Waals surface area contributed by atoms with Crippen LogP contribution in [0, 0.1) is 0 Å². The van der Waals surface area contributed by atoms with E-state index in [1.54, 1.807) is 4.90 Å². The van der Waals surface area contributed by atoms with Gasteiger partial charge in [-0.2, -0.15) is 0 Å². The summed E-state index contributed by atoms with van der Waals surface area (Å²) in [4.78, 5) is 13.8. The molecule has 1 saturated heterocycles. The molecule has 0 aromatic heterocycles. The van der Waals surface area contributed by atoms with E-state index in [0.29, 0.717) is 6.61 Å². The van der Waals surface area contributed by atoms with Crippen LogP contribution in [0.5, 0.6) is 0 Å². The van der Waals surface area contributed by atoms with Crippen LogP contribution >= 0.6 is 0 Å². The Bertz CT molecular complexity index is 525. The molecule has 2 rings (SSSR count). The van der Waals surface area contributed by atoms with Crippen LogP contribution in [0.1, 0.15) is 32.8 Å². The average Bonchev–Trinajstić information content (AvgIpc) is 3.24. The van der Waals surface area contributed by atoms with Crippen LogP contribution in [0.25, 0.3) is 0 Å². The van der Waals surface area contributed by atoms with E-state index < -0.39 is 8.32 Å². The Labute approximate surface area is 140 Å². The van der Waals surface area contributed by atoms with E-state index in [1.165, 1.54) is 0 Å². The van der Waals surface area contributed by atoms with Crippen molar-refractivity contribution in [1.29, 1.82) is 0 Å². The molecule has 1 atom stereocenters. The maximum Gasteiger partial charge on any atom is 0.410 e. The van der Waals surface area contributed by atoms with Crippen molar-refractivity contribution in [3.05, 3.63) is 35.9 Å². The van der Waals surface area contributed by atoms with Crippen molar-refractivity contribution in [2.45, 2.75) is 58.0 Å². The first-order chi connectivity index (χ1) is 10.7. The second-order valence-corrected chi connectivity index (χ2v) is 12.6. The monoisotopic (exact) mass is 335 g/mol. The molecule has 1 fully saturated rings. The molecule has 1 amide bonds. The van der Waals surface area contributed by atoms with E-state index in [0.717, 1.165) is 25.1 Å². The van der Waals surface area contributed by atoms with Crippen molar-refractivity contribution >= 4 is 14.4 Å². The maximum absolute atomic E-state index is 12.0. The minimum atomic E-state index is -1.69. The molecule has 0 unspecified atom stereocenters. The van der Waals surface area contributed by atoms with Crippen molar-refractivity contribution in [3.8, 4) is 0 Å². The number of rotatable bonds is 6. The normalized spacial score (nSPS) is 18.0. The summed E-state index contributed by atoms with van der Waals surface area (Å²) in [6, 6.07) is 10.0. The van der Waals surface area contributed by atoms with E-state index in [-0.39, 0.29) is 17.2 Å². The number of amides is 1. The Morgan fingerprint density at radius 3 is 2.52 bits per heavy atom. The van der Waals surface area contributed by atoms with Gasteiger partial charge in [0.05, 0.1) is 6.04 Å². The summed E-state index contributed by atoms with van der Waals surface area (Å²) in [6.45, 7) is 13.1. The van der Waals surface area contributed by atoms with Crippen LogP contribution < -0.4 is 0 Å². The molecule has 128 valence electrons. The van der Waals surface area contributed by atoms with Gasteiger partial charge in [-0.15, -0.1) is 0 Å². The first-order valence-electron chi connectivity index (χ1n) is 8.32. The van der Waals surface area contributed by atoms with Crippen LogP contribution in [0.4, 0.5) is 4.79 Å². The quantitative estimate of drug-likeness (QED) is 0.570. The highest BCUT2D eigenvalue weighted by Crippen LogP contribution is 2.37. The molecular formula is C18H29NO3Si. The lowest BCUT2D eigenvalue weighted by molar-refractivity contribution is 0.121. The van der Waals surface area contributed by atoms with Crippen LogP contribution in [0.2, 0.25) is 18.1 Å². The Morgan fingerprint density at radius 2 is 1.91 bits per heavy atom. The van der Waals surface area contributed by atoms with Gasteiger partial charge in [-0.3, -0.25) is 0 Å². The highest BCUT2D eigenvalue weighted by Gasteiger charge is 2.41. The van der Waals surface area contributed by atoms with E-state index in [2.05, 4.69) is 33.9 Å². The third-order valence-electron chi connectivity index (χ3n) is 4.87. The molecule has 23 heavy (non-hydrogen) atoms. The molecule has 0 spiro atoms. The molecule has 0 radical (unpaired) electrons. The fourth-order valence-electron chi connectivity index (χ4n) is 2.12. The highest BCUT2D eigenvalue weighted by atomic mass is 28.4. The van der Waals surface area contributed by atoms with Gasteiger partial charge in [0.1, 0.15) is 6.61 Å². The fourth-order valence-corrected chi connectivity index (χ4v) is 3.18. The molecule has 5 heteroatoms. The summed E-state index contributed by atoms with van der Waals surface area (Å²) < 4.78 is 11.5. The van der Waals surface area contributed by atoms with Crippen molar-refractivity contribution < 1.29 is 14.0 Å². The molecule has 1 heterocycles. The number of carbonyl (C=O) groups is 1. The summed E-state index contributed by atoms with van der Waals surface area (Å²) in [5.41, 5.74) is 1.01. The van der Waals surface area contributed by atoms with Gasteiger partial charge in [0.25, 0.3) is 0 Å². The summed E-state index contributed by atoms with van der Waals surface area (Å²) in [6.07, 6.45) is 0.679. The molecule has 1 aliphatic rings. The topological polar surface area (TPSA) is 38.5 Å². The lowest BCUT2D eigenvalue weighted by atomic mass is 10.2. The summed E-state index contributed by atoms with van der Waals surface area (Å²) in [5, 5.41) is 0.227. The molecule has 0 saturated carbocycles. The second-order valence-electron chi connectivity index (χ2n) is 7.74. The molecule has 4 nitrogen and oxygen atoms in total. The van der Waals surface area contributed by atoms with Gasteiger partial charge in [0.15, 0.2) is 8.32 Å². The van der Waals surface area contributed by atoms with E-state index in [1.807, 2.05) is 30.3 Å². The van der Waals surface area contributed by atoms with Gasteiger partial charge in [-0.05, 0) is 30.1 Å². The summed E-state index contributed by atoms with van der Waals surface area (Å²) in [5.74, 6) is 0. The van der Waals surface area contributed by atoms with Crippen LogP contribution in [-0.2, 0) is 15.8 Å². The zero-order valence-corrected chi connectivity index (χ0v) is 16.0. The lowest BCUT2D eigenvalue weighted by Gasteiger charge is -2.36. The number of carbonyl (C=O) groups excluding carboxylic acids is 1. The first-order valence-corrected chi connectivity index (χ1v) is 11.2. The predicted molar refractivity (Wildman–Crippen MR) is 94.9 cm³/mol. The van der Waals surface area contributed by atoms with Crippen LogP contribution in [-0.4, -0.2) is 38.5 Å². The van der Waals surface area contributed by atoms with Gasteiger partial charge in [0, 0.05) is 13.2 Å². The number of nitrogens with zero attached hydrogens (tertiary/aromatic N) is 1. The number of benzene rings is 1. The molecule has 1 aromatic carbocycles. The van der Waals surface area contributed by atoms with E-state index >= 15 is 0 Å². The van der Waals surface area contributed by atoms with Crippen molar-refractivity contribution in [2.24, 2.45) is 0 Å². The van der Waals surface area contributed by atoms with Gasteiger partial charge < -0.3 is 14.1 Å². The molecule has 1 aromatic rings. The molecule has 0 aliphatic carbocycles. The second kappa shape index (κ2) is 7.05. The number of hydrogen-bond acceptors (Lipinski definition) is 3. The summed E-state index contributed by atoms with van der Waals surface area (Å²) >= 11 is 0. The predicted octanol–water partition coefficient (Wildman–Crippen LogP) is 4.42. The zero-order valence-electron chi connectivity index (χ0n) is 15.0. The van der Waals surface area contributed by atoms with Gasteiger partial charge in [0.2, 0.25) is 0 Å². The summed E-state index contributed by atoms with van der Waals surface area (Å²) in [7, 11) is -1.69. The van der Waals surface area contributed by atoms with E-state index in [4.69, 9.17) is 9.16 Å². The molecule has 0 N–H and O–H groups in total. The highest BCUT2D eigenvalue weighted by molar-refractivity contribution is 6.74. The standard InChI is InChI=1S/C18H29NO3Si/c1-18(2,3)23(4,5)22-12-11-16-13-19(16)17(20)21-14-15-9-7-6-8-10-15/h6-10,16H,11-14H2,1-5H3/t16-,19?/m0/s1. The van der Waals surface area contributed by atoms with Crippen LogP contribution in [0.3, 0.4) is 0 Å². The first kappa shape index (κ1) is 18.0. The third kappa shape index (κ3) is 5.08. The Morgan fingerprint density at radius 1 is 1.26 bits per heavy atom. The van der Waals surface area contributed by atoms with Crippen molar-refractivity contribution in [2.75, 3.05) is 13.2 Å². The SMILES string of the molecule is CC(C)(C)[Si](C)(C)OCC[C@H]1CN1C(=O)OCc1ccccc1. The van der Waals surface area contributed by atoms with Gasteiger partial charge in [-0.25, -0.2) is 4.79 Å². The van der Waals surface area contributed by atoms with E-state index in [9.17, 15) is 4.79 Å². The largest absolute Gasteiger partial charge is 0.445 e. The third-order valence-corrected chi connectivity index (χ3v) is 9.41.